The van der Waals surface area contributed by atoms with Crippen molar-refractivity contribution in [2.75, 3.05) is 30.8 Å². The lowest BCUT2D eigenvalue weighted by Gasteiger charge is -2.12. The van der Waals surface area contributed by atoms with Gasteiger partial charge in [0.15, 0.2) is 0 Å². The van der Waals surface area contributed by atoms with Crippen LogP contribution in [-0.4, -0.2) is 32.0 Å². The summed E-state index contributed by atoms with van der Waals surface area (Å²) in [6.07, 6.45) is 0. The number of anilines is 2. The Bertz CT molecular complexity index is 814. The fourth-order valence-electron chi connectivity index (χ4n) is 2.16. The Hall–Kier alpha value is -2.80. The number of aryl methyl sites for hydroxylation is 1. The number of nitrogens with one attached hydrogen (secondary N) is 3. The molecule has 0 saturated heterocycles. The highest BCUT2D eigenvalue weighted by atomic mass is 35.5. The number of hydrogen-bond acceptors (Lipinski definition) is 4. The van der Waals surface area contributed by atoms with Crippen LogP contribution >= 0.6 is 11.6 Å². The maximum Gasteiger partial charge on any atom is 0.243 e. The summed E-state index contributed by atoms with van der Waals surface area (Å²) in [6, 6.07) is 9.45. The molecule has 138 valence electrons. The van der Waals surface area contributed by atoms with Crippen molar-refractivity contribution in [3.05, 3.63) is 52.8 Å². The first-order chi connectivity index (χ1) is 12.4. The quantitative estimate of drug-likeness (QED) is 0.691. The molecule has 2 amide bonds. The molecule has 26 heavy (non-hydrogen) atoms. The predicted octanol–water partition coefficient (Wildman–Crippen LogP) is 2.96. The van der Waals surface area contributed by atoms with Gasteiger partial charge in [-0.2, -0.15) is 0 Å². The van der Waals surface area contributed by atoms with E-state index >= 15 is 0 Å². The lowest BCUT2D eigenvalue weighted by atomic mass is 10.2. The summed E-state index contributed by atoms with van der Waals surface area (Å²) in [7, 11) is 1.50. The van der Waals surface area contributed by atoms with Gasteiger partial charge in [-0.15, -0.1) is 0 Å². The summed E-state index contributed by atoms with van der Waals surface area (Å²) >= 11 is 5.66. The minimum atomic E-state index is -0.561. The van der Waals surface area contributed by atoms with E-state index in [1.807, 2.05) is 13.0 Å². The summed E-state index contributed by atoms with van der Waals surface area (Å²) in [5.41, 5.74) is 1.63. The van der Waals surface area contributed by atoms with Gasteiger partial charge in [-0.25, -0.2) is 4.39 Å². The van der Waals surface area contributed by atoms with E-state index in [0.29, 0.717) is 11.4 Å². The Morgan fingerprint density at radius 2 is 1.85 bits per heavy atom. The second-order valence-electron chi connectivity index (χ2n) is 5.51. The molecular weight excluding hydrogens is 361 g/mol. The van der Waals surface area contributed by atoms with Gasteiger partial charge in [-0.05, 0) is 42.8 Å². The summed E-state index contributed by atoms with van der Waals surface area (Å²) in [5, 5.41) is 8.03. The molecule has 6 nitrogen and oxygen atoms in total. The van der Waals surface area contributed by atoms with E-state index in [9.17, 15) is 14.0 Å². The molecule has 0 heterocycles. The van der Waals surface area contributed by atoms with Gasteiger partial charge in [0.25, 0.3) is 0 Å². The molecule has 2 aromatic rings. The van der Waals surface area contributed by atoms with Gasteiger partial charge in [-0.1, -0.05) is 17.7 Å². The van der Waals surface area contributed by atoms with Gasteiger partial charge in [0.1, 0.15) is 11.6 Å². The number of benzene rings is 2. The van der Waals surface area contributed by atoms with Crippen molar-refractivity contribution in [3.63, 3.8) is 0 Å². The highest BCUT2D eigenvalue weighted by molar-refractivity contribution is 6.30. The lowest BCUT2D eigenvalue weighted by molar-refractivity contribution is -0.122. The monoisotopic (exact) mass is 379 g/mol. The molecule has 8 heteroatoms. The van der Waals surface area contributed by atoms with E-state index in [1.165, 1.54) is 19.2 Å². The van der Waals surface area contributed by atoms with E-state index in [1.54, 1.807) is 12.1 Å². The zero-order valence-corrected chi connectivity index (χ0v) is 15.1. The number of rotatable bonds is 7. The number of ether oxygens (including phenoxy) is 1. The molecule has 0 saturated carbocycles. The van der Waals surface area contributed by atoms with Crippen LogP contribution in [0.1, 0.15) is 5.56 Å². The average Bonchev–Trinajstić information content (AvgIpc) is 2.59. The topological polar surface area (TPSA) is 79.5 Å². The highest BCUT2D eigenvalue weighted by Crippen LogP contribution is 2.24. The van der Waals surface area contributed by atoms with Crippen LogP contribution in [0.2, 0.25) is 5.02 Å². The Kier molecular flexibility index (Phi) is 6.80. The van der Waals surface area contributed by atoms with Crippen molar-refractivity contribution in [1.82, 2.24) is 5.32 Å². The van der Waals surface area contributed by atoms with Crippen molar-refractivity contribution in [2.45, 2.75) is 6.92 Å². The van der Waals surface area contributed by atoms with Crippen LogP contribution in [-0.2, 0) is 9.59 Å². The van der Waals surface area contributed by atoms with E-state index in [-0.39, 0.29) is 23.8 Å². The van der Waals surface area contributed by atoms with Crippen LogP contribution < -0.4 is 20.7 Å². The number of carbonyl (C=O) groups excluding carboxylic acids is 2. The van der Waals surface area contributed by atoms with E-state index in [0.717, 1.165) is 11.6 Å². The van der Waals surface area contributed by atoms with E-state index in [2.05, 4.69) is 16.0 Å². The minimum absolute atomic E-state index is 0.151. The number of carbonyl (C=O) groups is 2. The third-order valence-corrected chi connectivity index (χ3v) is 3.68. The number of methoxy groups -OCH3 is 1. The van der Waals surface area contributed by atoms with Crippen molar-refractivity contribution >= 4 is 34.8 Å². The van der Waals surface area contributed by atoms with Gasteiger partial charge in [0, 0.05) is 5.02 Å². The van der Waals surface area contributed by atoms with Gasteiger partial charge in [-0.3, -0.25) is 9.59 Å². The molecule has 0 radical (unpaired) electrons. The van der Waals surface area contributed by atoms with Gasteiger partial charge >= 0.3 is 0 Å². The zero-order chi connectivity index (χ0) is 19.1. The summed E-state index contributed by atoms with van der Waals surface area (Å²) in [4.78, 5) is 23.8. The summed E-state index contributed by atoms with van der Waals surface area (Å²) < 4.78 is 18.8. The molecule has 0 aliphatic heterocycles. The molecule has 0 aliphatic carbocycles. The zero-order valence-electron chi connectivity index (χ0n) is 14.4. The molecular formula is C18H19ClFN3O3. The van der Waals surface area contributed by atoms with Crippen LogP contribution in [0.5, 0.6) is 5.75 Å². The molecule has 0 aromatic heterocycles. The minimum Gasteiger partial charge on any atom is -0.495 e. The Labute approximate surface area is 155 Å². The first-order valence-corrected chi connectivity index (χ1v) is 8.17. The van der Waals surface area contributed by atoms with Gasteiger partial charge < -0.3 is 20.7 Å². The fraction of sp³-hybridized carbons (Fsp3) is 0.222. The summed E-state index contributed by atoms with van der Waals surface area (Å²) in [5.74, 6) is -0.893. The van der Waals surface area contributed by atoms with Crippen molar-refractivity contribution in [1.29, 1.82) is 0 Å². The van der Waals surface area contributed by atoms with Crippen molar-refractivity contribution < 1.29 is 18.7 Å². The van der Waals surface area contributed by atoms with Crippen LogP contribution in [0, 0.1) is 12.7 Å². The van der Waals surface area contributed by atoms with E-state index in [4.69, 9.17) is 16.3 Å². The standard InChI is InChI=1S/C18H19ClFN3O3/c1-11-3-6-16(26-2)15(7-11)23-18(25)10-22-17(24)9-21-14-5-4-12(19)8-13(14)20/h3-8,21H,9-10H2,1-2H3,(H,22,24)(H,23,25). The average molecular weight is 380 g/mol. The highest BCUT2D eigenvalue weighted by Gasteiger charge is 2.10. The predicted molar refractivity (Wildman–Crippen MR) is 99.3 cm³/mol. The Morgan fingerprint density at radius 1 is 1.08 bits per heavy atom. The van der Waals surface area contributed by atoms with E-state index < -0.39 is 17.6 Å². The number of amides is 2. The first kappa shape index (κ1) is 19.5. The van der Waals surface area contributed by atoms with Crippen LogP contribution in [0.3, 0.4) is 0 Å². The molecule has 2 aromatic carbocycles. The van der Waals surface area contributed by atoms with Crippen molar-refractivity contribution in [2.24, 2.45) is 0 Å². The van der Waals surface area contributed by atoms with Crippen LogP contribution in [0.25, 0.3) is 0 Å². The second kappa shape index (κ2) is 9.05. The van der Waals surface area contributed by atoms with Crippen LogP contribution in [0.4, 0.5) is 15.8 Å². The van der Waals surface area contributed by atoms with Crippen LogP contribution in [0.15, 0.2) is 36.4 Å². The molecule has 2 rings (SSSR count). The first-order valence-electron chi connectivity index (χ1n) is 7.79. The molecule has 0 fully saturated rings. The third-order valence-electron chi connectivity index (χ3n) is 3.45. The number of halogens is 2. The molecule has 0 aliphatic rings. The largest absolute Gasteiger partial charge is 0.495 e. The summed E-state index contributed by atoms with van der Waals surface area (Å²) in [6.45, 7) is 1.48. The normalized spacial score (nSPS) is 10.2. The molecule has 0 atom stereocenters. The fourth-order valence-corrected chi connectivity index (χ4v) is 2.32. The second-order valence-corrected chi connectivity index (χ2v) is 5.94. The number of hydrogen-bond donors (Lipinski definition) is 3. The third kappa shape index (κ3) is 5.63. The molecule has 3 N–H and O–H groups in total. The Balaban J connectivity index is 1.81. The Morgan fingerprint density at radius 3 is 2.54 bits per heavy atom. The van der Waals surface area contributed by atoms with Gasteiger partial charge in [0.2, 0.25) is 11.8 Å². The molecule has 0 unspecified atom stereocenters. The van der Waals surface area contributed by atoms with Crippen molar-refractivity contribution in [3.8, 4) is 5.75 Å². The molecule has 0 bridgehead atoms. The van der Waals surface area contributed by atoms with Gasteiger partial charge in [0.05, 0.1) is 31.6 Å². The maximum atomic E-state index is 13.6. The maximum absolute atomic E-state index is 13.6. The SMILES string of the molecule is COc1ccc(C)cc1NC(=O)CNC(=O)CNc1ccc(Cl)cc1F. The molecule has 0 spiro atoms. The lowest BCUT2D eigenvalue weighted by Crippen LogP contribution is -2.36. The smallest absolute Gasteiger partial charge is 0.243 e.